The number of carbonyl (C=O) groups is 1. The first-order valence-electron chi connectivity index (χ1n) is 4.75. The second kappa shape index (κ2) is 4.22. The van der Waals surface area contributed by atoms with Gasteiger partial charge in [-0.05, 0) is 24.1 Å². The fourth-order valence-corrected chi connectivity index (χ4v) is 1.37. The molecule has 1 heterocycles. The Morgan fingerprint density at radius 3 is 2.64 bits per heavy atom. The van der Waals surface area contributed by atoms with Crippen molar-refractivity contribution < 1.29 is 9.18 Å². The Kier molecular flexibility index (Phi) is 3.23. The van der Waals surface area contributed by atoms with Crippen LogP contribution >= 0.6 is 0 Å². The summed E-state index contributed by atoms with van der Waals surface area (Å²) in [5, 5.41) is 2.63. The van der Waals surface area contributed by atoms with E-state index in [0.29, 0.717) is 17.7 Å². The van der Waals surface area contributed by atoms with Crippen LogP contribution in [0.15, 0.2) is 12.1 Å². The number of fused-ring (bicyclic) bond motifs is 1. The van der Waals surface area contributed by atoms with Crippen molar-refractivity contribution in [2.24, 2.45) is 0 Å². The summed E-state index contributed by atoms with van der Waals surface area (Å²) < 4.78 is 13.0. The van der Waals surface area contributed by atoms with Crippen LogP contribution in [0.5, 0.6) is 0 Å². The lowest BCUT2D eigenvalue weighted by atomic mass is 10.1. The number of hydrogen-bond donors (Lipinski definition) is 1. The third kappa shape index (κ3) is 1.76. The first kappa shape index (κ1) is 10.7. The predicted molar refractivity (Wildman–Crippen MR) is 53.7 cm³/mol. The Labute approximate surface area is 83.1 Å². The molecule has 0 bridgehead atoms. The molecule has 0 radical (unpaired) electrons. The summed E-state index contributed by atoms with van der Waals surface area (Å²) in [5.74, 6) is -0.491. The van der Waals surface area contributed by atoms with Crippen LogP contribution in [0, 0.1) is 12.7 Å². The number of benzene rings is 1. The van der Waals surface area contributed by atoms with Gasteiger partial charge in [0.1, 0.15) is 5.82 Å². The minimum Gasteiger partial charge on any atom is -0.348 e. The number of halogens is 1. The molecule has 1 N–H and O–H groups in total. The molecule has 0 atom stereocenters. The summed E-state index contributed by atoms with van der Waals surface area (Å²) in [6.45, 7) is 6.22. The Morgan fingerprint density at radius 2 is 2.00 bits per heavy atom. The molecule has 1 aromatic carbocycles. The number of aryl methyl sites for hydroxylation is 1. The molecule has 0 aromatic heterocycles. The van der Waals surface area contributed by atoms with Crippen LogP contribution in [0.1, 0.15) is 35.3 Å². The molecule has 0 aliphatic carbocycles. The largest absolute Gasteiger partial charge is 0.348 e. The van der Waals surface area contributed by atoms with Crippen LogP contribution in [-0.4, -0.2) is 5.91 Å². The number of hydrogen-bond acceptors (Lipinski definition) is 1. The Bertz CT molecular complexity index is 361. The van der Waals surface area contributed by atoms with E-state index >= 15 is 0 Å². The highest BCUT2D eigenvalue weighted by Crippen LogP contribution is 2.19. The van der Waals surface area contributed by atoms with Crippen molar-refractivity contribution in [2.45, 2.75) is 27.3 Å². The third-order valence-electron chi connectivity index (χ3n) is 2.07. The molecule has 0 unspecified atom stereocenters. The minimum absolute atomic E-state index is 0.177. The number of amides is 1. The predicted octanol–water partition coefficient (Wildman–Crippen LogP) is 2.40. The summed E-state index contributed by atoms with van der Waals surface area (Å²) in [4.78, 5) is 11.1. The molecule has 1 aliphatic heterocycles. The lowest BCUT2D eigenvalue weighted by Gasteiger charge is -1.98. The molecule has 14 heavy (non-hydrogen) atoms. The van der Waals surface area contributed by atoms with Crippen molar-refractivity contribution >= 4 is 5.91 Å². The standard InChI is InChI=1S/C9H8FNO.C2H6/c1-5-2-6-4-11-9(12)7(6)3-8(5)10;1-2/h2-3H,4H2,1H3,(H,11,12);1-2H3. The normalized spacial score (nSPS) is 12.7. The molecule has 0 spiro atoms. The fraction of sp³-hybridized carbons (Fsp3) is 0.364. The Balaban J connectivity index is 0.000000461. The SMILES string of the molecule is CC.Cc1cc2c(cc1F)C(=O)NC2. The van der Waals surface area contributed by atoms with Gasteiger partial charge in [-0.3, -0.25) is 4.79 Å². The van der Waals surface area contributed by atoms with Crippen molar-refractivity contribution in [3.63, 3.8) is 0 Å². The average molecular weight is 195 g/mol. The van der Waals surface area contributed by atoms with Crippen molar-refractivity contribution in [1.82, 2.24) is 5.32 Å². The Hall–Kier alpha value is -1.38. The van der Waals surface area contributed by atoms with E-state index in [1.807, 2.05) is 13.8 Å². The van der Waals surface area contributed by atoms with E-state index < -0.39 is 0 Å². The number of nitrogens with one attached hydrogen (secondary N) is 1. The van der Waals surface area contributed by atoms with E-state index in [1.165, 1.54) is 6.07 Å². The smallest absolute Gasteiger partial charge is 0.252 e. The molecule has 3 heteroatoms. The maximum atomic E-state index is 13.0. The van der Waals surface area contributed by atoms with Gasteiger partial charge >= 0.3 is 0 Å². The van der Waals surface area contributed by atoms with E-state index in [0.717, 1.165) is 5.56 Å². The van der Waals surface area contributed by atoms with Crippen LogP contribution in [0.25, 0.3) is 0 Å². The van der Waals surface area contributed by atoms with Crippen LogP contribution in [0.4, 0.5) is 4.39 Å². The van der Waals surface area contributed by atoms with E-state index in [2.05, 4.69) is 5.32 Å². The highest BCUT2D eigenvalue weighted by atomic mass is 19.1. The molecule has 1 amide bonds. The molecular formula is C11H14FNO. The molecule has 1 aromatic rings. The van der Waals surface area contributed by atoms with E-state index in [-0.39, 0.29) is 11.7 Å². The van der Waals surface area contributed by atoms with Crippen molar-refractivity contribution in [2.75, 3.05) is 0 Å². The monoisotopic (exact) mass is 195 g/mol. The molecule has 1 aliphatic rings. The number of rotatable bonds is 0. The molecule has 2 nitrogen and oxygen atoms in total. The summed E-state index contributed by atoms with van der Waals surface area (Å²) in [6, 6.07) is 3.01. The van der Waals surface area contributed by atoms with Crippen LogP contribution in [-0.2, 0) is 6.54 Å². The van der Waals surface area contributed by atoms with E-state index in [4.69, 9.17) is 0 Å². The summed E-state index contributed by atoms with van der Waals surface area (Å²) in [6.07, 6.45) is 0. The van der Waals surface area contributed by atoms with Crippen LogP contribution in [0.3, 0.4) is 0 Å². The van der Waals surface area contributed by atoms with E-state index in [1.54, 1.807) is 13.0 Å². The quantitative estimate of drug-likeness (QED) is 0.676. The molecule has 0 saturated carbocycles. The molecule has 76 valence electrons. The van der Waals surface area contributed by atoms with Gasteiger partial charge in [0.25, 0.3) is 5.91 Å². The topological polar surface area (TPSA) is 29.1 Å². The van der Waals surface area contributed by atoms with Crippen molar-refractivity contribution in [3.05, 3.63) is 34.6 Å². The van der Waals surface area contributed by atoms with Gasteiger partial charge in [0.15, 0.2) is 0 Å². The average Bonchev–Trinajstić information content (AvgIpc) is 2.53. The summed E-state index contributed by atoms with van der Waals surface area (Å²) in [7, 11) is 0. The van der Waals surface area contributed by atoms with Gasteiger partial charge in [0, 0.05) is 12.1 Å². The molecule has 2 rings (SSSR count). The second-order valence-electron chi connectivity index (χ2n) is 2.94. The third-order valence-corrected chi connectivity index (χ3v) is 2.07. The summed E-state index contributed by atoms with van der Waals surface area (Å²) in [5.41, 5.74) is 1.95. The van der Waals surface area contributed by atoms with Crippen LogP contribution < -0.4 is 5.32 Å². The lowest BCUT2D eigenvalue weighted by Crippen LogP contribution is -2.12. The zero-order valence-electron chi connectivity index (χ0n) is 8.65. The number of carbonyl (C=O) groups excluding carboxylic acids is 1. The minimum atomic E-state index is -0.314. The van der Waals surface area contributed by atoms with Crippen molar-refractivity contribution in [3.8, 4) is 0 Å². The molecule has 0 fully saturated rings. The zero-order chi connectivity index (χ0) is 10.7. The van der Waals surface area contributed by atoms with Gasteiger partial charge in [-0.2, -0.15) is 0 Å². The maximum absolute atomic E-state index is 13.0. The zero-order valence-corrected chi connectivity index (χ0v) is 8.65. The molecule has 0 saturated heterocycles. The van der Waals surface area contributed by atoms with Gasteiger partial charge < -0.3 is 5.32 Å². The summed E-state index contributed by atoms with van der Waals surface area (Å²) >= 11 is 0. The van der Waals surface area contributed by atoms with Crippen molar-refractivity contribution in [1.29, 1.82) is 0 Å². The lowest BCUT2D eigenvalue weighted by molar-refractivity contribution is 0.0965. The van der Waals surface area contributed by atoms with Gasteiger partial charge in [-0.15, -0.1) is 0 Å². The first-order valence-corrected chi connectivity index (χ1v) is 4.75. The maximum Gasteiger partial charge on any atom is 0.252 e. The van der Waals surface area contributed by atoms with Gasteiger partial charge in [0.2, 0.25) is 0 Å². The van der Waals surface area contributed by atoms with Gasteiger partial charge in [-0.1, -0.05) is 19.9 Å². The highest BCUT2D eigenvalue weighted by Gasteiger charge is 2.19. The van der Waals surface area contributed by atoms with Gasteiger partial charge in [0.05, 0.1) is 0 Å². The van der Waals surface area contributed by atoms with Gasteiger partial charge in [-0.25, -0.2) is 4.39 Å². The Morgan fingerprint density at radius 1 is 1.36 bits per heavy atom. The molecular weight excluding hydrogens is 181 g/mol. The van der Waals surface area contributed by atoms with E-state index in [9.17, 15) is 9.18 Å². The fourth-order valence-electron chi connectivity index (χ4n) is 1.37. The highest BCUT2D eigenvalue weighted by molar-refractivity contribution is 5.98. The first-order chi connectivity index (χ1) is 6.68. The van der Waals surface area contributed by atoms with Crippen LogP contribution in [0.2, 0.25) is 0 Å². The second-order valence-corrected chi connectivity index (χ2v) is 2.94.